The van der Waals surface area contributed by atoms with Crippen molar-refractivity contribution in [3.8, 4) is 0 Å². The minimum Gasteiger partial charge on any atom is -0.384 e. The average molecular weight is 346 g/mol. The number of nitrogens with one attached hydrogen (secondary N) is 2. The number of pyridine rings is 2. The molecule has 2 N–H and O–H groups in total. The summed E-state index contributed by atoms with van der Waals surface area (Å²) in [6.45, 7) is 3.38. The molecule has 0 aliphatic carbocycles. The van der Waals surface area contributed by atoms with Crippen LogP contribution in [0, 0.1) is 0 Å². The predicted molar refractivity (Wildman–Crippen MR) is 103 cm³/mol. The molecule has 2 aromatic heterocycles. The van der Waals surface area contributed by atoms with Gasteiger partial charge in [-0.25, -0.2) is 0 Å². The van der Waals surface area contributed by atoms with E-state index in [2.05, 4.69) is 39.7 Å². The number of rotatable bonds is 7. The molecule has 0 radical (unpaired) electrons. The number of amides is 1. The molecule has 0 spiro atoms. The molecule has 3 rings (SSSR count). The molecule has 0 aliphatic heterocycles. The highest BCUT2D eigenvalue weighted by Crippen LogP contribution is 2.16. The van der Waals surface area contributed by atoms with Crippen LogP contribution in [0.25, 0.3) is 0 Å². The molecule has 5 heteroatoms. The first-order chi connectivity index (χ1) is 12.7. The van der Waals surface area contributed by atoms with Crippen molar-refractivity contribution in [2.45, 2.75) is 19.4 Å². The third-order valence-electron chi connectivity index (χ3n) is 4.15. The third-order valence-corrected chi connectivity index (χ3v) is 4.15. The second-order valence-corrected chi connectivity index (χ2v) is 6.17. The van der Waals surface area contributed by atoms with Crippen molar-refractivity contribution in [3.63, 3.8) is 0 Å². The highest BCUT2D eigenvalue weighted by atomic mass is 16.1. The van der Waals surface area contributed by atoms with Gasteiger partial charge in [-0.3, -0.25) is 14.8 Å². The molecule has 1 atom stereocenters. The molecule has 1 amide bonds. The SMILES string of the molecule is C[C@H](CNc1ccnc(C(=O)NCc2cccnc2)c1)c1ccccc1. The van der Waals surface area contributed by atoms with Gasteiger partial charge in [-0.1, -0.05) is 43.3 Å². The zero-order valence-electron chi connectivity index (χ0n) is 14.7. The molecular weight excluding hydrogens is 324 g/mol. The highest BCUT2D eigenvalue weighted by molar-refractivity contribution is 5.93. The molecule has 132 valence electrons. The summed E-state index contributed by atoms with van der Waals surface area (Å²) in [4.78, 5) is 20.5. The lowest BCUT2D eigenvalue weighted by Gasteiger charge is -2.14. The van der Waals surface area contributed by atoms with E-state index < -0.39 is 0 Å². The summed E-state index contributed by atoms with van der Waals surface area (Å²) in [7, 11) is 0. The van der Waals surface area contributed by atoms with E-state index >= 15 is 0 Å². The molecule has 0 fully saturated rings. The molecule has 3 aromatic rings. The van der Waals surface area contributed by atoms with Gasteiger partial charge in [-0.2, -0.15) is 0 Å². The molecule has 0 aliphatic rings. The van der Waals surface area contributed by atoms with Crippen molar-refractivity contribution < 1.29 is 4.79 Å². The van der Waals surface area contributed by atoms with Crippen LogP contribution in [0.5, 0.6) is 0 Å². The van der Waals surface area contributed by atoms with Gasteiger partial charge in [0, 0.05) is 37.4 Å². The van der Waals surface area contributed by atoms with Crippen molar-refractivity contribution >= 4 is 11.6 Å². The molecular formula is C21H22N4O. The summed E-state index contributed by atoms with van der Waals surface area (Å²) in [6, 6.07) is 17.8. The van der Waals surface area contributed by atoms with E-state index in [0.29, 0.717) is 18.2 Å². The quantitative estimate of drug-likeness (QED) is 0.686. The largest absolute Gasteiger partial charge is 0.384 e. The molecule has 0 saturated carbocycles. The van der Waals surface area contributed by atoms with Gasteiger partial charge in [0.2, 0.25) is 0 Å². The van der Waals surface area contributed by atoms with Crippen LogP contribution >= 0.6 is 0 Å². The lowest BCUT2D eigenvalue weighted by molar-refractivity contribution is 0.0946. The normalized spacial score (nSPS) is 11.6. The number of nitrogens with zero attached hydrogens (tertiary/aromatic N) is 2. The van der Waals surface area contributed by atoms with Gasteiger partial charge >= 0.3 is 0 Å². The van der Waals surface area contributed by atoms with E-state index in [4.69, 9.17) is 0 Å². The van der Waals surface area contributed by atoms with Gasteiger partial charge in [0.1, 0.15) is 5.69 Å². The zero-order valence-corrected chi connectivity index (χ0v) is 14.7. The van der Waals surface area contributed by atoms with Crippen LogP contribution in [-0.2, 0) is 6.54 Å². The van der Waals surface area contributed by atoms with Crippen LogP contribution in [0.15, 0.2) is 73.2 Å². The number of hydrogen-bond donors (Lipinski definition) is 2. The average Bonchev–Trinajstić information content (AvgIpc) is 2.72. The smallest absolute Gasteiger partial charge is 0.270 e. The number of carbonyl (C=O) groups is 1. The van der Waals surface area contributed by atoms with Crippen LogP contribution < -0.4 is 10.6 Å². The Balaban J connectivity index is 1.56. The maximum absolute atomic E-state index is 12.3. The van der Waals surface area contributed by atoms with Gasteiger partial charge in [0.25, 0.3) is 5.91 Å². The molecule has 0 unspecified atom stereocenters. The van der Waals surface area contributed by atoms with Gasteiger partial charge < -0.3 is 10.6 Å². The maximum Gasteiger partial charge on any atom is 0.270 e. The zero-order chi connectivity index (χ0) is 18.2. The Bertz CT molecular complexity index is 837. The highest BCUT2D eigenvalue weighted by Gasteiger charge is 2.09. The molecule has 1 aromatic carbocycles. The lowest BCUT2D eigenvalue weighted by Crippen LogP contribution is -2.24. The number of anilines is 1. The van der Waals surface area contributed by atoms with Crippen LogP contribution in [0.2, 0.25) is 0 Å². The van der Waals surface area contributed by atoms with Crippen molar-refractivity contribution in [2.24, 2.45) is 0 Å². The van der Waals surface area contributed by atoms with Crippen LogP contribution in [0.1, 0.15) is 34.5 Å². The number of carbonyl (C=O) groups excluding carboxylic acids is 1. The first-order valence-electron chi connectivity index (χ1n) is 8.64. The number of hydrogen-bond acceptors (Lipinski definition) is 4. The maximum atomic E-state index is 12.3. The minimum absolute atomic E-state index is 0.200. The Kier molecular flexibility index (Phi) is 5.93. The van der Waals surface area contributed by atoms with Crippen molar-refractivity contribution in [1.29, 1.82) is 0 Å². The van der Waals surface area contributed by atoms with Gasteiger partial charge in [-0.05, 0) is 35.2 Å². The number of aromatic nitrogens is 2. The van der Waals surface area contributed by atoms with Crippen LogP contribution in [0.4, 0.5) is 5.69 Å². The second-order valence-electron chi connectivity index (χ2n) is 6.17. The Hall–Kier alpha value is -3.21. The topological polar surface area (TPSA) is 66.9 Å². The Morgan fingerprint density at radius 2 is 1.92 bits per heavy atom. The van der Waals surface area contributed by atoms with Crippen LogP contribution in [0.3, 0.4) is 0 Å². The molecule has 5 nitrogen and oxygen atoms in total. The molecule has 0 saturated heterocycles. The fourth-order valence-corrected chi connectivity index (χ4v) is 2.61. The fourth-order valence-electron chi connectivity index (χ4n) is 2.61. The van der Waals surface area contributed by atoms with E-state index in [1.54, 1.807) is 24.7 Å². The van der Waals surface area contributed by atoms with Gasteiger partial charge in [0.15, 0.2) is 0 Å². The second kappa shape index (κ2) is 8.76. The van der Waals surface area contributed by atoms with Gasteiger partial charge in [0.05, 0.1) is 0 Å². The Morgan fingerprint density at radius 3 is 2.69 bits per heavy atom. The van der Waals surface area contributed by atoms with Gasteiger partial charge in [-0.15, -0.1) is 0 Å². The summed E-state index contributed by atoms with van der Waals surface area (Å²) in [5, 5.41) is 6.25. The summed E-state index contributed by atoms with van der Waals surface area (Å²) >= 11 is 0. The summed E-state index contributed by atoms with van der Waals surface area (Å²) < 4.78 is 0. The van der Waals surface area contributed by atoms with Crippen molar-refractivity contribution in [1.82, 2.24) is 15.3 Å². The predicted octanol–water partition coefficient (Wildman–Crippen LogP) is 3.62. The van der Waals surface area contributed by atoms with E-state index in [0.717, 1.165) is 17.8 Å². The third kappa shape index (κ3) is 4.89. The summed E-state index contributed by atoms with van der Waals surface area (Å²) in [5.74, 6) is 0.167. The standard InChI is InChI=1S/C21H22N4O/c1-16(18-7-3-2-4-8-18)13-24-19-9-11-23-20(12-19)21(26)25-15-17-6-5-10-22-14-17/h2-12,14,16H,13,15H2,1H3,(H,23,24)(H,25,26)/t16-/m1/s1. The first-order valence-corrected chi connectivity index (χ1v) is 8.64. The summed E-state index contributed by atoms with van der Waals surface area (Å²) in [5.41, 5.74) is 3.51. The number of benzene rings is 1. The summed E-state index contributed by atoms with van der Waals surface area (Å²) in [6.07, 6.45) is 5.09. The molecule has 2 heterocycles. The lowest BCUT2D eigenvalue weighted by atomic mass is 10.0. The van der Waals surface area contributed by atoms with Crippen LogP contribution in [-0.4, -0.2) is 22.4 Å². The monoisotopic (exact) mass is 346 g/mol. The Labute approximate surface area is 153 Å². The molecule has 26 heavy (non-hydrogen) atoms. The van der Waals surface area contributed by atoms with E-state index in [1.165, 1.54) is 5.56 Å². The molecule has 0 bridgehead atoms. The van der Waals surface area contributed by atoms with Crippen molar-refractivity contribution in [3.05, 3.63) is 90.0 Å². The minimum atomic E-state index is -0.200. The van der Waals surface area contributed by atoms with Crippen molar-refractivity contribution in [2.75, 3.05) is 11.9 Å². The fraction of sp³-hybridized carbons (Fsp3) is 0.190. The van der Waals surface area contributed by atoms with E-state index in [9.17, 15) is 4.79 Å². The van der Waals surface area contributed by atoms with E-state index in [1.807, 2.05) is 36.4 Å². The first kappa shape index (κ1) is 17.6. The van der Waals surface area contributed by atoms with E-state index in [-0.39, 0.29) is 5.91 Å². The Morgan fingerprint density at radius 1 is 1.08 bits per heavy atom.